The van der Waals surface area contributed by atoms with E-state index < -0.39 is 98.6 Å². The smallest absolute Gasteiger partial charge is 0.328 e. The van der Waals surface area contributed by atoms with Crippen molar-refractivity contribution < 1.29 is 99.0 Å². The van der Waals surface area contributed by atoms with Crippen molar-refractivity contribution >= 4 is 158 Å². The highest BCUT2D eigenvalue weighted by molar-refractivity contribution is 14.1. The van der Waals surface area contributed by atoms with E-state index in [9.17, 15) is 80.1 Å². The van der Waals surface area contributed by atoms with Crippen LogP contribution in [0.2, 0.25) is 0 Å². The van der Waals surface area contributed by atoms with Crippen LogP contribution in [0.5, 0.6) is 0 Å². The van der Waals surface area contributed by atoms with Gasteiger partial charge >= 0.3 is 23.9 Å². The van der Waals surface area contributed by atoms with Gasteiger partial charge in [-0.05, 0) is 71.5 Å². The SMILES string of the molecule is C.CC.Cc1ccc(SSCCC(C(=O)OC2C(=O)CCC2=O)S(=O)(=O)O)nc1.O=C(CCCI)OC1C(=O)CCC1=O.O=C(CCCSSc1ccccn1)OC1C(=O)CCC1=O.O=C(CCN1C(=O)C=CC1=O)OC1C(=O)CCC1=O. The molecule has 1 N–H and O–H groups in total. The molecule has 1 atom stereocenters. The zero-order valence-corrected chi connectivity index (χ0v) is 50.9. The number of nitrogens with zero attached hydrogens (tertiary/aromatic N) is 3. The number of aromatic nitrogens is 2. The van der Waals surface area contributed by atoms with Crippen molar-refractivity contribution in [3.05, 3.63) is 60.4 Å². The van der Waals surface area contributed by atoms with Gasteiger partial charge in [-0.15, -0.1) is 0 Å². The molecule has 1 aliphatic heterocycles. The van der Waals surface area contributed by atoms with E-state index in [0.29, 0.717) is 17.9 Å². The highest BCUT2D eigenvalue weighted by Gasteiger charge is 2.41. The number of rotatable bonds is 23. The van der Waals surface area contributed by atoms with Crippen LogP contribution in [0.1, 0.15) is 117 Å². The molecule has 30 heteroatoms. The van der Waals surface area contributed by atoms with Crippen molar-refractivity contribution in [2.45, 2.75) is 158 Å². The number of aryl methyl sites for hydroxylation is 1. The first-order chi connectivity index (χ1) is 39.0. The third-order valence-corrected chi connectivity index (χ3v) is 17.8. The summed E-state index contributed by atoms with van der Waals surface area (Å²) >= 11 is 2.15. The summed E-state index contributed by atoms with van der Waals surface area (Å²) in [4.78, 5) is 168. The molecule has 24 nitrogen and oxygen atoms in total. The number of halogens is 1. The predicted molar refractivity (Wildman–Crippen MR) is 312 cm³/mol. The molecule has 4 saturated carbocycles. The molecule has 4 fully saturated rings. The summed E-state index contributed by atoms with van der Waals surface area (Å²) in [5, 5.41) is -0.205. The Morgan fingerprint density at radius 1 is 0.602 bits per heavy atom. The molecular formula is C53H64IN3O21S5. The van der Waals surface area contributed by atoms with Crippen molar-refractivity contribution in [3.63, 3.8) is 0 Å². The van der Waals surface area contributed by atoms with E-state index in [1.807, 2.05) is 45.0 Å². The normalized spacial score (nSPS) is 16.7. The molecule has 2 amide bonds. The van der Waals surface area contributed by atoms with Crippen LogP contribution in [0, 0.1) is 6.92 Å². The average Bonchev–Trinajstić information content (AvgIpc) is 4.33. The number of carbonyl (C=O) groups excluding carboxylic acids is 14. The van der Waals surface area contributed by atoms with Crippen LogP contribution in [0.4, 0.5) is 0 Å². The molecule has 2 aromatic heterocycles. The first-order valence-electron chi connectivity index (χ1n) is 25.5. The maximum absolute atomic E-state index is 12.0. The molecular weight excluding hydrogens is 1300 g/mol. The third kappa shape index (κ3) is 26.1. The Morgan fingerprint density at radius 3 is 1.41 bits per heavy atom. The fourth-order valence-electron chi connectivity index (χ4n) is 7.03. The minimum Gasteiger partial charge on any atom is -0.446 e. The number of ketones is 8. The van der Waals surface area contributed by atoms with E-state index in [-0.39, 0.29) is 120 Å². The van der Waals surface area contributed by atoms with Gasteiger partial charge in [-0.2, -0.15) is 8.42 Å². The van der Waals surface area contributed by atoms with Crippen LogP contribution in [0.25, 0.3) is 0 Å². The van der Waals surface area contributed by atoms with Crippen molar-refractivity contribution in [2.24, 2.45) is 0 Å². The molecule has 0 saturated heterocycles. The molecule has 0 spiro atoms. The minimum absolute atomic E-state index is 0. The number of hydrogen-bond acceptors (Lipinski definition) is 26. The molecule has 0 radical (unpaired) electrons. The summed E-state index contributed by atoms with van der Waals surface area (Å²) in [6, 6.07) is 9.38. The molecule has 1 unspecified atom stereocenters. The number of amides is 2. The van der Waals surface area contributed by atoms with Crippen LogP contribution in [0.15, 0.2) is 64.9 Å². The van der Waals surface area contributed by atoms with Crippen LogP contribution in [-0.4, -0.2) is 162 Å². The quantitative estimate of drug-likeness (QED) is 0.0155. The van der Waals surface area contributed by atoms with Crippen molar-refractivity contribution in [1.82, 2.24) is 14.9 Å². The molecule has 7 rings (SSSR count). The Balaban J connectivity index is 0.000000380. The van der Waals surface area contributed by atoms with E-state index in [4.69, 9.17) is 18.9 Å². The van der Waals surface area contributed by atoms with Gasteiger partial charge in [-0.3, -0.25) is 76.6 Å². The van der Waals surface area contributed by atoms with Crippen LogP contribution >= 0.6 is 65.8 Å². The lowest BCUT2D eigenvalue weighted by Gasteiger charge is -2.15. The van der Waals surface area contributed by atoms with Gasteiger partial charge in [0, 0.05) is 111 Å². The number of alkyl halides is 1. The van der Waals surface area contributed by atoms with Crippen LogP contribution < -0.4 is 0 Å². The van der Waals surface area contributed by atoms with Gasteiger partial charge in [0.25, 0.3) is 21.9 Å². The second-order valence-electron chi connectivity index (χ2n) is 17.4. The Bertz CT molecular complexity index is 2740. The maximum Gasteiger partial charge on any atom is 0.328 e. The Kier molecular flexibility index (Phi) is 34.0. The topological polar surface area (TPSA) is 359 Å². The Hall–Kier alpha value is -5.54. The second kappa shape index (κ2) is 38.4. The summed E-state index contributed by atoms with van der Waals surface area (Å²) in [5.41, 5.74) is 1.00. The fourth-order valence-corrected chi connectivity index (χ4v) is 12.2. The van der Waals surface area contributed by atoms with E-state index >= 15 is 0 Å². The zero-order chi connectivity index (χ0) is 60.9. The molecule has 5 aliphatic rings. The number of hydrogen-bond donors (Lipinski definition) is 1. The largest absolute Gasteiger partial charge is 0.446 e. The van der Waals surface area contributed by atoms with Gasteiger partial charge in [-0.25, -0.2) is 9.97 Å². The van der Waals surface area contributed by atoms with Crippen molar-refractivity contribution in [3.8, 4) is 0 Å². The van der Waals surface area contributed by atoms with Crippen LogP contribution in [0.3, 0.4) is 0 Å². The highest BCUT2D eigenvalue weighted by atomic mass is 127. The van der Waals surface area contributed by atoms with Crippen LogP contribution in [-0.2, 0) is 96.2 Å². The summed E-state index contributed by atoms with van der Waals surface area (Å²) in [6.45, 7) is 5.77. The second-order valence-corrected chi connectivity index (χ2v) is 25.0. The Labute approximate surface area is 509 Å². The third-order valence-electron chi connectivity index (χ3n) is 11.3. The molecule has 454 valence electrons. The van der Waals surface area contributed by atoms with E-state index in [0.717, 1.165) is 37.8 Å². The zero-order valence-electron chi connectivity index (χ0n) is 44.7. The fraction of sp³-hybridized carbons (Fsp3) is 0.509. The molecule has 0 aromatic carbocycles. The summed E-state index contributed by atoms with van der Waals surface area (Å²) in [7, 11) is 0.980. The Morgan fingerprint density at radius 2 is 1.01 bits per heavy atom. The van der Waals surface area contributed by atoms with E-state index in [1.165, 1.54) is 21.6 Å². The average molecular weight is 1370 g/mol. The van der Waals surface area contributed by atoms with Crippen molar-refractivity contribution in [1.29, 1.82) is 0 Å². The van der Waals surface area contributed by atoms with Crippen molar-refractivity contribution in [2.75, 3.05) is 22.5 Å². The number of esters is 4. The predicted octanol–water partition coefficient (Wildman–Crippen LogP) is 5.92. The highest BCUT2D eigenvalue weighted by Crippen LogP contribution is 2.32. The monoisotopic (exact) mass is 1370 g/mol. The van der Waals surface area contributed by atoms with Gasteiger partial charge in [0.05, 0.1) is 6.42 Å². The molecule has 3 heterocycles. The summed E-state index contributed by atoms with van der Waals surface area (Å²) in [6.07, 6.45) is 2.80. The number of Topliss-reactive ketones (excluding diaryl/α,β-unsaturated/α-hetero) is 8. The van der Waals surface area contributed by atoms with E-state index in [1.54, 1.807) is 40.0 Å². The van der Waals surface area contributed by atoms with Gasteiger partial charge in [-0.1, -0.05) is 77.6 Å². The number of ether oxygens (including phenoxy) is 4. The first-order valence-corrected chi connectivity index (χ1v) is 33.1. The lowest BCUT2D eigenvalue weighted by molar-refractivity contribution is -0.158. The van der Waals surface area contributed by atoms with Gasteiger partial charge < -0.3 is 18.9 Å². The molecule has 0 bridgehead atoms. The van der Waals surface area contributed by atoms with Gasteiger partial charge in [0.2, 0.25) is 24.4 Å². The molecule has 2 aromatic rings. The minimum atomic E-state index is -4.73. The number of pyridine rings is 2. The lowest BCUT2D eigenvalue weighted by Crippen LogP contribution is -2.38. The summed E-state index contributed by atoms with van der Waals surface area (Å²) < 4.78 is 52.3. The number of carbonyl (C=O) groups is 14. The molecule has 83 heavy (non-hydrogen) atoms. The molecule has 4 aliphatic carbocycles. The lowest BCUT2D eigenvalue weighted by atomic mass is 10.2. The van der Waals surface area contributed by atoms with E-state index in [2.05, 4.69) is 32.6 Å². The standard InChI is InChI=1S/C15H17NO7S3.C14H15NO4S2.C12H11NO6.C9H11IO4.C2H6.CH4/c1-9-2-5-13(16-8-9)25-24-7-6-12(26(20,21)22)15(19)23-14-10(17)3-4-11(14)18;16-10-6-7-11(17)14(10)19-13(18)5-3-9-20-21-12-4-1-2-8-15-12;14-7-1-2-8(15)12(7)19-11(18)5-6-13-9(16)3-4-10(13)17;10-5-1-2-8(13)14-9-6(11)3-4-7(9)12;1-2;/h2,5,8,12,14H,3-4,6-7H2,1H3,(H,20,21,22);1-2,4,8,14H,3,5-7,9H2;3-4,12H,1-2,5-6H2;9H,1-5H2;1-2H3;1H4. The maximum atomic E-state index is 12.0. The summed E-state index contributed by atoms with van der Waals surface area (Å²) in [5.74, 6) is -6.06. The van der Waals surface area contributed by atoms with Gasteiger partial charge in [0.15, 0.2) is 51.5 Å². The number of imide groups is 1. The van der Waals surface area contributed by atoms with Gasteiger partial charge in [0.1, 0.15) is 10.1 Å². The first kappa shape index (κ1) is 73.6.